The highest BCUT2D eigenvalue weighted by molar-refractivity contribution is 5.67. The van der Waals surface area contributed by atoms with E-state index in [9.17, 15) is 4.39 Å². The molecular weight excluding hydrogens is 259 g/mol. The molecule has 0 aromatic carbocycles. The zero-order valence-electron chi connectivity index (χ0n) is 10.5. The highest BCUT2D eigenvalue weighted by Crippen LogP contribution is 2.13. The van der Waals surface area contributed by atoms with E-state index in [2.05, 4.69) is 32.1 Å². The number of rotatable bonds is 1. The van der Waals surface area contributed by atoms with E-state index < -0.39 is 5.95 Å². The Morgan fingerprint density at radius 2 is 2.05 bits per heavy atom. The van der Waals surface area contributed by atoms with E-state index in [1.165, 1.54) is 12.1 Å². The van der Waals surface area contributed by atoms with Gasteiger partial charge in [0.05, 0.1) is 11.9 Å². The molecule has 3 aromatic heterocycles. The summed E-state index contributed by atoms with van der Waals surface area (Å²) >= 11 is 0. The average Bonchev–Trinajstić information content (AvgIpc) is 2.87. The van der Waals surface area contributed by atoms with Gasteiger partial charge in [0, 0.05) is 7.05 Å². The van der Waals surface area contributed by atoms with Crippen molar-refractivity contribution < 1.29 is 8.81 Å². The number of oxazole rings is 1. The second-order valence-electron chi connectivity index (χ2n) is 3.91. The van der Waals surface area contributed by atoms with Gasteiger partial charge in [0.1, 0.15) is 5.69 Å². The quantitative estimate of drug-likeness (QED) is 0.541. The number of hydrogen-bond acceptors (Lipinski definition) is 5. The van der Waals surface area contributed by atoms with Crippen molar-refractivity contribution in [3.8, 4) is 11.8 Å². The molecule has 0 amide bonds. The summed E-state index contributed by atoms with van der Waals surface area (Å²) in [6.07, 6.45) is 1.67. The number of aromatic nitrogens is 3. The van der Waals surface area contributed by atoms with E-state index in [1.54, 1.807) is 12.3 Å². The molecule has 3 heterocycles. The summed E-state index contributed by atoms with van der Waals surface area (Å²) in [5.41, 5.74) is 2.09. The molecular formula is C14H9FN4O. The van der Waals surface area contributed by atoms with E-state index in [0.717, 1.165) is 5.69 Å². The fourth-order valence-electron chi connectivity index (χ4n) is 1.58. The summed E-state index contributed by atoms with van der Waals surface area (Å²) in [4.78, 5) is 11.8. The second-order valence-corrected chi connectivity index (χ2v) is 3.91. The standard InChI is InChI=1S/C14H9FN4O/c1-16-10-3-2-9(17-8-10)4-7-13-19-14-11(20-13)5-6-12(15)18-14/h2-3,5-6,8,16H,1H3. The van der Waals surface area contributed by atoms with Crippen molar-refractivity contribution in [3.63, 3.8) is 0 Å². The van der Waals surface area contributed by atoms with Crippen LogP contribution in [0.25, 0.3) is 11.2 Å². The number of pyridine rings is 2. The van der Waals surface area contributed by atoms with Gasteiger partial charge in [0.15, 0.2) is 5.58 Å². The van der Waals surface area contributed by atoms with Gasteiger partial charge in [-0.15, -0.1) is 0 Å². The molecule has 0 atom stereocenters. The third-order valence-corrected chi connectivity index (χ3v) is 2.57. The van der Waals surface area contributed by atoms with Gasteiger partial charge in [0.25, 0.3) is 5.89 Å². The SMILES string of the molecule is CNc1ccc(C#Cc2nc3nc(F)ccc3o2)nc1. The number of nitrogens with zero attached hydrogens (tertiary/aromatic N) is 3. The van der Waals surface area contributed by atoms with Gasteiger partial charge >= 0.3 is 0 Å². The number of fused-ring (bicyclic) bond motifs is 1. The van der Waals surface area contributed by atoms with Crippen molar-refractivity contribution in [2.24, 2.45) is 0 Å². The molecule has 6 heteroatoms. The van der Waals surface area contributed by atoms with Crippen LogP contribution < -0.4 is 5.32 Å². The Bertz CT molecular complexity index is 815. The van der Waals surface area contributed by atoms with E-state index in [0.29, 0.717) is 11.3 Å². The van der Waals surface area contributed by atoms with Gasteiger partial charge in [-0.05, 0) is 36.1 Å². The van der Waals surface area contributed by atoms with Crippen molar-refractivity contribution in [2.45, 2.75) is 0 Å². The minimum atomic E-state index is -0.602. The van der Waals surface area contributed by atoms with E-state index in [4.69, 9.17) is 4.42 Å². The summed E-state index contributed by atoms with van der Waals surface area (Å²) < 4.78 is 18.3. The molecule has 3 rings (SSSR count). The molecule has 0 saturated carbocycles. The van der Waals surface area contributed by atoms with Crippen LogP contribution >= 0.6 is 0 Å². The maximum absolute atomic E-state index is 12.9. The first kappa shape index (κ1) is 12.1. The monoisotopic (exact) mass is 268 g/mol. The fraction of sp³-hybridized carbons (Fsp3) is 0.0714. The Morgan fingerprint density at radius 3 is 2.80 bits per heavy atom. The van der Waals surface area contributed by atoms with Crippen LogP contribution in [0, 0.1) is 17.8 Å². The summed E-state index contributed by atoms with van der Waals surface area (Å²) in [7, 11) is 1.81. The average molecular weight is 268 g/mol. The predicted molar refractivity (Wildman–Crippen MR) is 71.5 cm³/mol. The molecule has 0 radical (unpaired) electrons. The number of anilines is 1. The number of nitrogens with one attached hydrogen (secondary N) is 1. The molecule has 98 valence electrons. The molecule has 0 aliphatic rings. The van der Waals surface area contributed by atoms with Crippen molar-refractivity contribution in [3.05, 3.63) is 48.0 Å². The molecule has 0 fully saturated rings. The molecule has 0 bridgehead atoms. The third-order valence-electron chi connectivity index (χ3n) is 2.57. The lowest BCUT2D eigenvalue weighted by molar-refractivity contribution is 0.577. The Kier molecular flexibility index (Phi) is 3.01. The Labute approximate surface area is 113 Å². The second kappa shape index (κ2) is 4.97. The predicted octanol–water partition coefficient (Wildman–Crippen LogP) is 2.20. The van der Waals surface area contributed by atoms with Gasteiger partial charge in [-0.25, -0.2) is 4.98 Å². The third kappa shape index (κ3) is 2.42. The largest absolute Gasteiger partial charge is 0.428 e. The molecule has 0 spiro atoms. The summed E-state index contributed by atoms with van der Waals surface area (Å²) in [5, 5.41) is 2.97. The van der Waals surface area contributed by atoms with Gasteiger partial charge in [0.2, 0.25) is 11.6 Å². The molecule has 0 unspecified atom stereocenters. The van der Waals surface area contributed by atoms with Crippen LogP contribution in [-0.4, -0.2) is 22.0 Å². The van der Waals surface area contributed by atoms with Gasteiger partial charge in [-0.1, -0.05) is 0 Å². The maximum atomic E-state index is 12.9. The maximum Gasteiger partial charge on any atom is 0.276 e. The lowest BCUT2D eigenvalue weighted by Crippen LogP contribution is -1.89. The lowest BCUT2D eigenvalue weighted by Gasteiger charge is -1.96. The van der Waals surface area contributed by atoms with Crippen molar-refractivity contribution in [1.82, 2.24) is 15.0 Å². The minimum Gasteiger partial charge on any atom is -0.428 e. The van der Waals surface area contributed by atoms with Crippen LogP contribution in [0.1, 0.15) is 11.6 Å². The number of halogens is 1. The van der Waals surface area contributed by atoms with Crippen LogP contribution in [0.3, 0.4) is 0 Å². The smallest absolute Gasteiger partial charge is 0.276 e. The van der Waals surface area contributed by atoms with Crippen LogP contribution in [0.5, 0.6) is 0 Å². The molecule has 20 heavy (non-hydrogen) atoms. The van der Waals surface area contributed by atoms with Crippen LogP contribution in [-0.2, 0) is 0 Å². The Hall–Kier alpha value is -2.94. The van der Waals surface area contributed by atoms with Crippen LogP contribution in [0.15, 0.2) is 34.9 Å². The van der Waals surface area contributed by atoms with Gasteiger partial charge < -0.3 is 9.73 Å². The van der Waals surface area contributed by atoms with Gasteiger partial charge in [-0.2, -0.15) is 14.4 Å². The van der Waals surface area contributed by atoms with Crippen LogP contribution in [0.2, 0.25) is 0 Å². The molecule has 1 N–H and O–H groups in total. The first-order valence-electron chi connectivity index (χ1n) is 5.83. The first-order chi connectivity index (χ1) is 9.74. The normalized spacial score (nSPS) is 10.1. The van der Waals surface area contributed by atoms with Crippen molar-refractivity contribution in [1.29, 1.82) is 0 Å². The van der Waals surface area contributed by atoms with E-state index >= 15 is 0 Å². The topological polar surface area (TPSA) is 63.8 Å². The molecule has 5 nitrogen and oxygen atoms in total. The van der Waals surface area contributed by atoms with E-state index in [1.807, 2.05) is 13.1 Å². The number of hydrogen-bond donors (Lipinski definition) is 1. The van der Waals surface area contributed by atoms with Gasteiger partial charge in [-0.3, -0.25) is 0 Å². The summed E-state index contributed by atoms with van der Waals surface area (Å²) in [5.74, 6) is 5.13. The van der Waals surface area contributed by atoms with Crippen molar-refractivity contribution in [2.75, 3.05) is 12.4 Å². The van der Waals surface area contributed by atoms with E-state index in [-0.39, 0.29) is 11.5 Å². The Morgan fingerprint density at radius 1 is 1.15 bits per heavy atom. The molecule has 0 saturated heterocycles. The molecule has 3 aromatic rings. The highest BCUT2D eigenvalue weighted by Gasteiger charge is 2.05. The zero-order chi connectivity index (χ0) is 13.9. The lowest BCUT2D eigenvalue weighted by atomic mass is 10.3. The summed E-state index contributed by atoms with van der Waals surface area (Å²) in [6.45, 7) is 0. The first-order valence-corrected chi connectivity index (χ1v) is 5.83. The Balaban J connectivity index is 1.90. The summed E-state index contributed by atoms with van der Waals surface area (Å²) in [6, 6.07) is 6.32. The molecule has 0 aliphatic heterocycles. The highest BCUT2D eigenvalue weighted by atomic mass is 19.1. The van der Waals surface area contributed by atoms with Crippen molar-refractivity contribution >= 4 is 16.9 Å². The fourth-order valence-corrected chi connectivity index (χ4v) is 1.58. The minimum absolute atomic E-state index is 0.178. The molecule has 0 aliphatic carbocycles. The zero-order valence-corrected chi connectivity index (χ0v) is 10.5. The van der Waals surface area contributed by atoms with Crippen LogP contribution in [0.4, 0.5) is 10.1 Å².